The second-order valence-corrected chi connectivity index (χ2v) is 5.00. The number of furan rings is 1. The molecule has 1 aromatic heterocycles. The zero-order chi connectivity index (χ0) is 15.4. The lowest BCUT2D eigenvalue weighted by Gasteiger charge is -2.21. The number of carbonyl (C=O) groups excluding carboxylic acids is 1. The first kappa shape index (κ1) is 15.0. The molecular weight excluding hydrogens is 266 g/mol. The summed E-state index contributed by atoms with van der Waals surface area (Å²) in [5, 5.41) is 2.81. The van der Waals surface area contributed by atoms with Crippen LogP contribution in [0.4, 0.5) is 11.4 Å². The van der Waals surface area contributed by atoms with Crippen molar-refractivity contribution in [1.29, 1.82) is 0 Å². The van der Waals surface area contributed by atoms with Crippen LogP contribution < -0.4 is 16.0 Å². The number of hydrogen-bond donors (Lipinski definition) is 2. The third kappa shape index (κ3) is 3.56. The molecule has 5 heteroatoms. The molecule has 0 aliphatic heterocycles. The number of aryl methyl sites for hydroxylation is 1. The lowest BCUT2D eigenvalue weighted by Crippen LogP contribution is -2.26. The number of amides is 1. The molecule has 0 aliphatic carbocycles. The second-order valence-electron chi connectivity index (χ2n) is 5.00. The Labute approximate surface area is 124 Å². The minimum Gasteiger partial charge on any atom is -0.464 e. The van der Waals surface area contributed by atoms with Gasteiger partial charge in [0.2, 0.25) is 0 Å². The summed E-state index contributed by atoms with van der Waals surface area (Å²) in [6.45, 7) is 4.96. The molecule has 1 amide bonds. The number of anilines is 2. The van der Waals surface area contributed by atoms with Crippen molar-refractivity contribution in [2.24, 2.45) is 0 Å². The Morgan fingerprint density at radius 1 is 1.33 bits per heavy atom. The van der Waals surface area contributed by atoms with E-state index in [4.69, 9.17) is 10.2 Å². The van der Waals surface area contributed by atoms with Gasteiger partial charge >= 0.3 is 0 Å². The Morgan fingerprint density at radius 3 is 2.71 bits per heavy atom. The van der Waals surface area contributed by atoms with E-state index >= 15 is 0 Å². The van der Waals surface area contributed by atoms with Crippen LogP contribution in [0.5, 0.6) is 0 Å². The van der Waals surface area contributed by atoms with Crippen LogP contribution in [0, 0.1) is 6.92 Å². The van der Waals surface area contributed by atoms with Gasteiger partial charge in [-0.25, -0.2) is 0 Å². The minimum absolute atomic E-state index is 0.102. The van der Waals surface area contributed by atoms with Crippen LogP contribution in [-0.2, 0) is 6.54 Å². The molecule has 0 saturated heterocycles. The molecule has 1 heterocycles. The molecule has 0 atom stereocenters. The number of nitrogen functional groups attached to an aromatic ring is 1. The first-order valence-corrected chi connectivity index (χ1v) is 6.95. The van der Waals surface area contributed by atoms with Crippen LogP contribution in [0.15, 0.2) is 34.7 Å². The van der Waals surface area contributed by atoms with Crippen LogP contribution in [0.25, 0.3) is 0 Å². The summed E-state index contributed by atoms with van der Waals surface area (Å²) in [5.41, 5.74) is 7.88. The number of nitrogens with two attached hydrogens (primary N) is 1. The Morgan fingerprint density at radius 2 is 2.10 bits per heavy atom. The average Bonchev–Trinajstić information content (AvgIpc) is 2.84. The van der Waals surface area contributed by atoms with E-state index in [1.165, 1.54) is 0 Å². The number of carbonyl (C=O) groups is 1. The summed E-state index contributed by atoms with van der Waals surface area (Å²) in [5.74, 6) is 1.61. The monoisotopic (exact) mass is 287 g/mol. The normalized spacial score (nSPS) is 10.4. The number of benzene rings is 1. The highest BCUT2D eigenvalue weighted by Crippen LogP contribution is 2.24. The molecule has 3 N–H and O–H groups in total. The molecule has 2 aromatic rings. The molecule has 0 saturated carbocycles. The summed E-state index contributed by atoms with van der Waals surface area (Å²) >= 11 is 0. The first-order valence-electron chi connectivity index (χ1n) is 6.95. The maximum absolute atomic E-state index is 12.1. The highest BCUT2D eigenvalue weighted by atomic mass is 16.3. The zero-order valence-electron chi connectivity index (χ0n) is 12.6. The lowest BCUT2D eigenvalue weighted by atomic mass is 10.1. The second kappa shape index (κ2) is 6.35. The van der Waals surface area contributed by atoms with Gasteiger partial charge in [-0.05, 0) is 44.2 Å². The fourth-order valence-electron chi connectivity index (χ4n) is 2.20. The van der Waals surface area contributed by atoms with Gasteiger partial charge in [0, 0.05) is 19.3 Å². The van der Waals surface area contributed by atoms with Crippen LogP contribution >= 0.6 is 0 Å². The summed E-state index contributed by atoms with van der Waals surface area (Å²) in [7, 11) is 1.91. The topological polar surface area (TPSA) is 71.5 Å². The van der Waals surface area contributed by atoms with Crippen LogP contribution in [0.2, 0.25) is 0 Å². The van der Waals surface area contributed by atoms with Crippen molar-refractivity contribution in [3.8, 4) is 0 Å². The Bertz CT molecular complexity index is 634. The SMILES string of the molecule is CCNC(=O)c1ccc(N)cc1N(C)Cc1ccc(C)o1. The van der Waals surface area contributed by atoms with Crippen molar-refractivity contribution in [3.05, 3.63) is 47.4 Å². The Hall–Kier alpha value is -2.43. The van der Waals surface area contributed by atoms with E-state index < -0.39 is 0 Å². The van der Waals surface area contributed by atoms with Gasteiger partial charge in [0.05, 0.1) is 17.8 Å². The van der Waals surface area contributed by atoms with Gasteiger partial charge in [0.15, 0.2) is 0 Å². The van der Waals surface area contributed by atoms with Gasteiger partial charge in [-0.3, -0.25) is 4.79 Å². The van der Waals surface area contributed by atoms with Crippen molar-refractivity contribution >= 4 is 17.3 Å². The molecular formula is C16H21N3O2. The van der Waals surface area contributed by atoms with Crippen molar-refractivity contribution in [3.63, 3.8) is 0 Å². The summed E-state index contributed by atoms with van der Waals surface area (Å²) < 4.78 is 5.58. The first-order chi connectivity index (χ1) is 10.0. The zero-order valence-corrected chi connectivity index (χ0v) is 12.6. The fourth-order valence-corrected chi connectivity index (χ4v) is 2.20. The Kier molecular flexibility index (Phi) is 4.52. The number of hydrogen-bond acceptors (Lipinski definition) is 4. The highest BCUT2D eigenvalue weighted by Gasteiger charge is 2.15. The van der Waals surface area contributed by atoms with Crippen molar-refractivity contribution in [1.82, 2.24) is 5.32 Å². The maximum Gasteiger partial charge on any atom is 0.253 e. The molecule has 0 radical (unpaired) electrons. The largest absolute Gasteiger partial charge is 0.464 e. The van der Waals surface area contributed by atoms with Crippen LogP contribution in [0.1, 0.15) is 28.8 Å². The molecule has 0 unspecified atom stereocenters. The number of nitrogens with zero attached hydrogens (tertiary/aromatic N) is 1. The van der Waals surface area contributed by atoms with Gasteiger partial charge in [-0.1, -0.05) is 0 Å². The van der Waals surface area contributed by atoms with Gasteiger partial charge < -0.3 is 20.4 Å². The molecule has 0 aliphatic rings. The van der Waals surface area contributed by atoms with Crippen LogP contribution in [-0.4, -0.2) is 19.5 Å². The van der Waals surface area contributed by atoms with Crippen molar-refractivity contribution in [2.75, 3.05) is 24.2 Å². The molecule has 21 heavy (non-hydrogen) atoms. The van der Waals surface area contributed by atoms with Crippen molar-refractivity contribution in [2.45, 2.75) is 20.4 Å². The van der Waals surface area contributed by atoms with E-state index in [1.54, 1.807) is 18.2 Å². The quantitative estimate of drug-likeness (QED) is 0.829. The Balaban J connectivity index is 2.28. The van der Waals surface area contributed by atoms with Crippen LogP contribution in [0.3, 0.4) is 0 Å². The predicted octanol–water partition coefficient (Wildman–Crippen LogP) is 2.56. The van der Waals surface area contributed by atoms with Gasteiger partial charge in [0.1, 0.15) is 11.5 Å². The molecule has 112 valence electrons. The molecule has 5 nitrogen and oxygen atoms in total. The predicted molar refractivity (Wildman–Crippen MR) is 84.4 cm³/mol. The summed E-state index contributed by atoms with van der Waals surface area (Å²) in [6.07, 6.45) is 0. The van der Waals surface area contributed by atoms with E-state index in [1.807, 2.05) is 37.9 Å². The molecule has 1 aromatic carbocycles. The summed E-state index contributed by atoms with van der Waals surface area (Å²) in [6, 6.07) is 9.15. The molecule has 2 rings (SSSR count). The average molecular weight is 287 g/mol. The number of nitrogens with one attached hydrogen (secondary N) is 1. The van der Waals surface area contributed by atoms with Gasteiger partial charge in [-0.2, -0.15) is 0 Å². The third-order valence-electron chi connectivity index (χ3n) is 3.20. The summed E-state index contributed by atoms with van der Waals surface area (Å²) in [4.78, 5) is 14.1. The molecule has 0 spiro atoms. The van der Waals surface area contributed by atoms with Crippen molar-refractivity contribution < 1.29 is 9.21 Å². The van der Waals surface area contributed by atoms with E-state index in [2.05, 4.69) is 5.32 Å². The lowest BCUT2D eigenvalue weighted by molar-refractivity contribution is 0.0956. The van der Waals surface area contributed by atoms with E-state index in [-0.39, 0.29) is 5.91 Å². The minimum atomic E-state index is -0.102. The number of rotatable bonds is 5. The smallest absolute Gasteiger partial charge is 0.253 e. The van der Waals surface area contributed by atoms with E-state index in [0.29, 0.717) is 24.3 Å². The molecule has 0 fully saturated rings. The maximum atomic E-state index is 12.1. The highest BCUT2D eigenvalue weighted by molar-refractivity contribution is 6.00. The molecule has 0 bridgehead atoms. The van der Waals surface area contributed by atoms with Gasteiger partial charge in [-0.15, -0.1) is 0 Å². The van der Waals surface area contributed by atoms with E-state index in [0.717, 1.165) is 17.2 Å². The van der Waals surface area contributed by atoms with Gasteiger partial charge in [0.25, 0.3) is 5.91 Å². The standard InChI is InChI=1S/C16H21N3O2/c1-4-18-16(20)14-8-6-12(17)9-15(14)19(3)10-13-7-5-11(2)21-13/h5-9H,4,10,17H2,1-3H3,(H,18,20). The fraction of sp³-hybridized carbons (Fsp3) is 0.312. The third-order valence-corrected chi connectivity index (χ3v) is 3.20. The van der Waals surface area contributed by atoms with E-state index in [9.17, 15) is 4.79 Å².